The topological polar surface area (TPSA) is 146 Å². The monoisotopic (exact) mass is 234 g/mol. The fourth-order valence-electron chi connectivity index (χ4n) is 0.634. The van der Waals surface area contributed by atoms with E-state index in [0.29, 0.717) is 0 Å². The molecule has 0 amide bonds. The van der Waals surface area contributed by atoms with Crippen molar-refractivity contribution in [3.05, 3.63) is 0 Å². The molecule has 0 bridgehead atoms. The summed E-state index contributed by atoms with van der Waals surface area (Å²) < 4.78 is 11.3. The van der Waals surface area contributed by atoms with Crippen LogP contribution in [0.2, 0.25) is 0 Å². The predicted molar refractivity (Wildman–Crippen MR) is 40.5 cm³/mol. The van der Waals surface area contributed by atoms with Crippen LogP contribution in [0, 0.1) is 0 Å². The van der Waals surface area contributed by atoms with Crippen molar-refractivity contribution in [2.45, 2.75) is 11.7 Å². The summed E-state index contributed by atoms with van der Waals surface area (Å²) in [6, 6.07) is 0. The highest BCUT2D eigenvalue weighted by Crippen LogP contribution is 2.50. The third kappa shape index (κ3) is 3.58. The van der Waals surface area contributed by atoms with Crippen LogP contribution in [0.1, 0.15) is 0 Å². The third-order valence-corrected chi connectivity index (χ3v) is 3.47. The van der Waals surface area contributed by atoms with Crippen molar-refractivity contribution in [1.82, 2.24) is 0 Å². The van der Waals surface area contributed by atoms with Gasteiger partial charge in [0.15, 0.2) is 11.7 Å². The van der Waals surface area contributed by atoms with E-state index < -0.39 is 32.3 Å². The molecule has 0 aliphatic rings. The van der Waals surface area contributed by atoms with Gasteiger partial charge in [-0.05, 0) is 0 Å². The first-order valence-electron chi connectivity index (χ1n) is 3.33. The molecule has 3 unspecified atom stereocenters. The summed E-state index contributed by atoms with van der Waals surface area (Å²) in [6.45, 7) is -1.67. The van der Waals surface area contributed by atoms with Crippen LogP contribution < -0.4 is 0 Å². The summed E-state index contributed by atoms with van der Waals surface area (Å²) in [4.78, 5) is 19.6. The van der Waals surface area contributed by atoms with Crippen molar-refractivity contribution in [3.8, 4) is 0 Å². The van der Waals surface area contributed by atoms with Crippen molar-refractivity contribution in [2.75, 3.05) is 13.2 Å². The molecule has 0 heterocycles. The standard InChI is InChI=1S/C4H11O9P/c5-3(1-11-6)14(9,10)4(13-8)2-12-7/h3-8H,1-2H2,(H,9,10). The molecule has 9 nitrogen and oxygen atoms in total. The Hall–Kier alpha value is -0.0900. The van der Waals surface area contributed by atoms with E-state index in [9.17, 15) is 4.57 Å². The summed E-state index contributed by atoms with van der Waals surface area (Å²) in [5.74, 6) is -3.81. The van der Waals surface area contributed by atoms with Gasteiger partial charge < -0.3 is 10.00 Å². The average Bonchev–Trinajstić information content (AvgIpc) is 2.14. The molecule has 14 heavy (non-hydrogen) atoms. The molecule has 0 saturated carbocycles. The number of hydrogen-bond donors (Lipinski definition) is 5. The maximum absolute atomic E-state index is 11.3. The predicted octanol–water partition coefficient (Wildman–Crippen LogP) is -0.630. The van der Waals surface area contributed by atoms with Gasteiger partial charge in [0.2, 0.25) is 0 Å². The number of hydrogen-bond acceptors (Lipinski definition) is 8. The molecule has 0 spiro atoms. The summed E-state index contributed by atoms with van der Waals surface area (Å²) >= 11 is 0. The van der Waals surface area contributed by atoms with Crippen molar-refractivity contribution < 1.29 is 45.0 Å². The maximum Gasteiger partial charge on any atom is 0.264 e. The molecule has 0 radical (unpaired) electrons. The lowest BCUT2D eigenvalue weighted by Gasteiger charge is -2.22. The van der Waals surface area contributed by atoms with E-state index in [1.807, 2.05) is 0 Å². The third-order valence-electron chi connectivity index (χ3n) is 1.40. The van der Waals surface area contributed by atoms with Crippen LogP contribution in [0.5, 0.6) is 0 Å². The van der Waals surface area contributed by atoms with Crippen LogP contribution in [0.3, 0.4) is 0 Å². The fraction of sp³-hybridized carbons (Fsp3) is 1.00. The minimum atomic E-state index is -4.41. The fourth-order valence-corrected chi connectivity index (χ4v) is 1.71. The largest absolute Gasteiger partial charge is 0.380 e. The average molecular weight is 234 g/mol. The van der Waals surface area contributed by atoms with E-state index in [2.05, 4.69) is 14.7 Å². The maximum atomic E-state index is 11.3. The number of aliphatic hydroxyl groups excluding tert-OH is 1. The van der Waals surface area contributed by atoms with Gasteiger partial charge in [0.1, 0.15) is 13.2 Å². The number of rotatable bonds is 7. The Kier molecular flexibility index (Phi) is 6.36. The normalized spacial score (nSPS) is 20.1. The van der Waals surface area contributed by atoms with Gasteiger partial charge in [0.25, 0.3) is 7.37 Å². The Morgan fingerprint density at radius 2 is 1.64 bits per heavy atom. The minimum Gasteiger partial charge on any atom is -0.380 e. The molecule has 0 aliphatic carbocycles. The molecule has 0 aromatic heterocycles. The smallest absolute Gasteiger partial charge is 0.264 e. The summed E-state index contributed by atoms with van der Waals surface area (Å²) in [5.41, 5.74) is 0. The zero-order valence-electron chi connectivity index (χ0n) is 6.89. The molecule has 86 valence electrons. The van der Waals surface area contributed by atoms with Crippen LogP contribution >= 0.6 is 7.37 Å². The van der Waals surface area contributed by atoms with Crippen LogP contribution in [0.4, 0.5) is 0 Å². The van der Waals surface area contributed by atoms with E-state index in [1.165, 1.54) is 0 Å². The van der Waals surface area contributed by atoms with Crippen LogP contribution in [0.25, 0.3) is 0 Å². The van der Waals surface area contributed by atoms with Crippen LogP contribution in [-0.4, -0.2) is 50.7 Å². The molecular weight excluding hydrogens is 223 g/mol. The molecule has 5 N–H and O–H groups in total. The Labute approximate surface area is 78.3 Å². The molecule has 0 saturated heterocycles. The van der Waals surface area contributed by atoms with E-state index in [0.717, 1.165) is 0 Å². The molecule has 3 atom stereocenters. The lowest BCUT2D eigenvalue weighted by atomic mass is 10.8. The van der Waals surface area contributed by atoms with Gasteiger partial charge in [0.05, 0.1) is 0 Å². The van der Waals surface area contributed by atoms with Crippen LogP contribution in [0.15, 0.2) is 0 Å². The van der Waals surface area contributed by atoms with Gasteiger partial charge in [-0.1, -0.05) is 0 Å². The highest BCUT2D eigenvalue weighted by Gasteiger charge is 2.40. The molecule has 0 aromatic carbocycles. The second kappa shape index (κ2) is 6.40. The van der Waals surface area contributed by atoms with Gasteiger partial charge in [-0.15, -0.1) is 0 Å². The van der Waals surface area contributed by atoms with Gasteiger partial charge in [-0.2, -0.15) is 0 Å². The SMILES string of the molecule is O=P(O)(C(O)COO)C(COO)OO. The zero-order valence-corrected chi connectivity index (χ0v) is 7.78. The highest BCUT2D eigenvalue weighted by atomic mass is 31.2. The quantitative estimate of drug-likeness (QED) is 0.220. The summed E-state index contributed by atoms with van der Waals surface area (Å²) in [6.07, 6.45) is 0. The van der Waals surface area contributed by atoms with Crippen molar-refractivity contribution in [3.63, 3.8) is 0 Å². The second-order valence-corrected chi connectivity index (χ2v) is 4.82. The summed E-state index contributed by atoms with van der Waals surface area (Å²) in [7, 11) is -4.41. The van der Waals surface area contributed by atoms with E-state index in [-0.39, 0.29) is 0 Å². The Morgan fingerprint density at radius 1 is 1.14 bits per heavy atom. The molecule has 10 heteroatoms. The van der Waals surface area contributed by atoms with Gasteiger partial charge >= 0.3 is 0 Å². The Balaban J connectivity index is 4.46. The van der Waals surface area contributed by atoms with Crippen molar-refractivity contribution >= 4 is 7.37 Å². The first-order valence-corrected chi connectivity index (χ1v) is 5.13. The molecule has 0 fully saturated rings. The first kappa shape index (κ1) is 13.9. The van der Waals surface area contributed by atoms with Gasteiger partial charge in [-0.3, -0.25) is 20.3 Å². The molecule has 0 aliphatic heterocycles. The molecule has 0 aromatic rings. The zero-order chi connectivity index (χ0) is 11.2. The molecular formula is C4H11O9P. The Bertz CT molecular complexity index is 195. The highest BCUT2D eigenvalue weighted by molar-refractivity contribution is 7.59. The van der Waals surface area contributed by atoms with Gasteiger partial charge in [-0.25, -0.2) is 14.7 Å². The lowest BCUT2D eigenvalue weighted by molar-refractivity contribution is -0.310. The van der Waals surface area contributed by atoms with Crippen LogP contribution in [-0.2, 0) is 19.2 Å². The summed E-state index contributed by atoms with van der Waals surface area (Å²) in [5, 5.41) is 33.0. The second-order valence-electron chi connectivity index (χ2n) is 2.30. The van der Waals surface area contributed by atoms with E-state index in [4.69, 9.17) is 25.8 Å². The molecule has 0 rings (SSSR count). The number of aliphatic hydroxyl groups is 1. The van der Waals surface area contributed by atoms with Gasteiger partial charge in [0, 0.05) is 0 Å². The van der Waals surface area contributed by atoms with Crippen molar-refractivity contribution in [2.24, 2.45) is 0 Å². The van der Waals surface area contributed by atoms with Crippen molar-refractivity contribution in [1.29, 1.82) is 0 Å². The Morgan fingerprint density at radius 3 is 2.00 bits per heavy atom. The van der Waals surface area contributed by atoms with E-state index in [1.54, 1.807) is 0 Å². The first-order chi connectivity index (χ1) is 6.50. The lowest BCUT2D eigenvalue weighted by Crippen LogP contribution is -2.27. The minimum absolute atomic E-state index is 0.827. The van der Waals surface area contributed by atoms with E-state index >= 15 is 0 Å².